The van der Waals surface area contributed by atoms with Crippen LogP contribution < -0.4 is 11.1 Å². The first-order valence-corrected chi connectivity index (χ1v) is 6.54. The molecule has 0 spiro atoms. The van der Waals surface area contributed by atoms with Gasteiger partial charge in [0.1, 0.15) is 6.04 Å². The fourth-order valence-corrected chi connectivity index (χ4v) is 1.78. The van der Waals surface area contributed by atoms with Crippen molar-refractivity contribution in [1.29, 1.82) is 0 Å². The first-order chi connectivity index (χ1) is 8.32. The van der Waals surface area contributed by atoms with E-state index >= 15 is 0 Å². The molecule has 0 saturated heterocycles. The Balaban J connectivity index is 4.13. The SMILES string of the molecule is CCC[C@@H](NC(=O)CCC(C)(C)CCN)C(=O)O. The van der Waals surface area contributed by atoms with Gasteiger partial charge in [-0.05, 0) is 31.2 Å². The summed E-state index contributed by atoms with van der Waals surface area (Å²) in [7, 11) is 0. The van der Waals surface area contributed by atoms with Crippen molar-refractivity contribution < 1.29 is 14.7 Å². The quantitative estimate of drug-likeness (QED) is 0.584. The van der Waals surface area contributed by atoms with E-state index < -0.39 is 12.0 Å². The number of rotatable bonds is 9. The number of nitrogens with one attached hydrogen (secondary N) is 1. The van der Waals surface area contributed by atoms with Gasteiger partial charge in [-0.3, -0.25) is 4.79 Å². The molecule has 106 valence electrons. The Morgan fingerprint density at radius 2 is 1.94 bits per heavy atom. The minimum Gasteiger partial charge on any atom is -0.480 e. The minimum atomic E-state index is -0.966. The molecule has 0 aliphatic heterocycles. The van der Waals surface area contributed by atoms with Crippen LogP contribution in [0.4, 0.5) is 0 Å². The number of hydrogen-bond donors (Lipinski definition) is 3. The van der Waals surface area contributed by atoms with Gasteiger partial charge >= 0.3 is 5.97 Å². The summed E-state index contributed by atoms with van der Waals surface area (Å²) in [5.74, 6) is -1.16. The lowest BCUT2D eigenvalue weighted by Crippen LogP contribution is -2.40. The van der Waals surface area contributed by atoms with Crippen LogP contribution in [-0.2, 0) is 9.59 Å². The van der Waals surface area contributed by atoms with Crippen LogP contribution in [0.15, 0.2) is 0 Å². The maximum Gasteiger partial charge on any atom is 0.326 e. The highest BCUT2D eigenvalue weighted by Gasteiger charge is 2.21. The van der Waals surface area contributed by atoms with Gasteiger partial charge < -0.3 is 16.2 Å². The van der Waals surface area contributed by atoms with E-state index in [2.05, 4.69) is 19.2 Å². The molecule has 0 heterocycles. The predicted octanol–water partition coefficient (Wildman–Crippen LogP) is 1.51. The molecular formula is C13H26N2O3. The lowest BCUT2D eigenvalue weighted by molar-refractivity contribution is -0.142. The molecule has 0 saturated carbocycles. The van der Waals surface area contributed by atoms with Crippen LogP contribution in [0.1, 0.15) is 52.9 Å². The number of nitrogens with two attached hydrogens (primary N) is 1. The average Bonchev–Trinajstić information content (AvgIpc) is 2.26. The van der Waals surface area contributed by atoms with Gasteiger partial charge in [-0.1, -0.05) is 27.2 Å². The maximum absolute atomic E-state index is 11.7. The van der Waals surface area contributed by atoms with Gasteiger partial charge in [-0.15, -0.1) is 0 Å². The van der Waals surface area contributed by atoms with Gasteiger partial charge in [-0.25, -0.2) is 4.79 Å². The van der Waals surface area contributed by atoms with Gasteiger partial charge in [0.15, 0.2) is 0 Å². The van der Waals surface area contributed by atoms with Gasteiger partial charge in [-0.2, -0.15) is 0 Å². The fourth-order valence-electron chi connectivity index (χ4n) is 1.78. The molecule has 0 aromatic rings. The lowest BCUT2D eigenvalue weighted by Gasteiger charge is -2.23. The molecule has 0 aromatic carbocycles. The van der Waals surface area contributed by atoms with Crippen molar-refractivity contribution in [1.82, 2.24) is 5.32 Å². The monoisotopic (exact) mass is 258 g/mol. The Morgan fingerprint density at radius 1 is 1.33 bits per heavy atom. The molecule has 0 radical (unpaired) electrons. The summed E-state index contributed by atoms with van der Waals surface area (Å²) in [6, 6.07) is -0.764. The Kier molecular flexibility index (Phi) is 7.59. The zero-order chi connectivity index (χ0) is 14.2. The molecule has 5 heteroatoms. The molecule has 0 rings (SSSR count). The standard InChI is InChI=1S/C13H26N2O3/c1-4-5-10(12(17)18)15-11(16)6-7-13(2,3)8-9-14/h10H,4-9,14H2,1-3H3,(H,15,16)(H,17,18)/t10-/m1/s1. The molecule has 0 unspecified atom stereocenters. The average molecular weight is 258 g/mol. The van der Waals surface area contributed by atoms with Crippen molar-refractivity contribution >= 4 is 11.9 Å². The number of carbonyl (C=O) groups is 2. The summed E-state index contributed by atoms with van der Waals surface area (Å²) >= 11 is 0. The predicted molar refractivity (Wildman–Crippen MR) is 71.2 cm³/mol. The molecule has 1 amide bonds. The number of carbonyl (C=O) groups excluding carboxylic acids is 1. The zero-order valence-electron chi connectivity index (χ0n) is 11.7. The third-order valence-corrected chi connectivity index (χ3v) is 3.06. The highest BCUT2D eigenvalue weighted by Crippen LogP contribution is 2.25. The lowest BCUT2D eigenvalue weighted by atomic mass is 9.84. The Hall–Kier alpha value is -1.10. The Labute approximate surface area is 109 Å². The highest BCUT2D eigenvalue weighted by atomic mass is 16.4. The number of hydrogen-bond acceptors (Lipinski definition) is 3. The third-order valence-electron chi connectivity index (χ3n) is 3.06. The number of amides is 1. The van der Waals surface area contributed by atoms with E-state index in [9.17, 15) is 9.59 Å². The number of aliphatic carboxylic acids is 1. The molecule has 1 atom stereocenters. The van der Waals surface area contributed by atoms with E-state index in [1.54, 1.807) is 0 Å². The van der Waals surface area contributed by atoms with E-state index in [0.717, 1.165) is 12.8 Å². The number of carboxylic acid groups (broad SMARTS) is 1. The second-order valence-electron chi connectivity index (χ2n) is 5.45. The van der Waals surface area contributed by atoms with E-state index in [0.29, 0.717) is 25.8 Å². The molecule has 5 nitrogen and oxygen atoms in total. The fraction of sp³-hybridized carbons (Fsp3) is 0.846. The molecule has 0 bridgehead atoms. The third kappa shape index (κ3) is 7.27. The second kappa shape index (κ2) is 8.08. The van der Waals surface area contributed by atoms with Crippen molar-refractivity contribution in [2.45, 2.75) is 58.9 Å². The van der Waals surface area contributed by atoms with E-state index in [4.69, 9.17) is 10.8 Å². The van der Waals surface area contributed by atoms with Gasteiger partial charge in [0.05, 0.1) is 0 Å². The first-order valence-electron chi connectivity index (χ1n) is 6.54. The highest BCUT2D eigenvalue weighted by molar-refractivity contribution is 5.83. The van der Waals surface area contributed by atoms with Crippen LogP contribution in [-0.4, -0.2) is 29.6 Å². The van der Waals surface area contributed by atoms with Crippen molar-refractivity contribution in [3.63, 3.8) is 0 Å². The van der Waals surface area contributed by atoms with Crippen LogP contribution in [0.3, 0.4) is 0 Å². The summed E-state index contributed by atoms with van der Waals surface area (Å²) in [5, 5.41) is 11.5. The molecule has 0 aliphatic rings. The molecule has 0 aromatic heterocycles. The Morgan fingerprint density at radius 3 is 2.39 bits per heavy atom. The molecule has 0 fully saturated rings. The van der Waals surface area contributed by atoms with E-state index in [1.165, 1.54) is 0 Å². The van der Waals surface area contributed by atoms with Crippen LogP contribution in [0.2, 0.25) is 0 Å². The van der Waals surface area contributed by atoms with E-state index in [-0.39, 0.29) is 11.3 Å². The second-order valence-corrected chi connectivity index (χ2v) is 5.45. The van der Waals surface area contributed by atoms with Gasteiger partial charge in [0.25, 0.3) is 0 Å². The van der Waals surface area contributed by atoms with Crippen LogP contribution in [0.25, 0.3) is 0 Å². The summed E-state index contributed by atoms with van der Waals surface area (Å²) in [6.45, 7) is 6.62. The maximum atomic E-state index is 11.7. The molecular weight excluding hydrogens is 232 g/mol. The first kappa shape index (κ1) is 16.9. The smallest absolute Gasteiger partial charge is 0.326 e. The molecule has 4 N–H and O–H groups in total. The van der Waals surface area contributed by atoms with Crippen LogP contribution >= 0.6 is 0 Å². The van der Waals surface area contributed by atoms with Crippen LogP contribution in [0, 0.1) is 5.41 Å². The van der Waals surface area contributed by atoms with Gasteiger partial charge in [0, 0.05) is 6.42 Å². The van der Waals surface area contributed by atoms with Crippen molar-refractivity contribution in [2.24, 2.45) is 11.1 Å². The minimum absolute atomic E-state index is 0.0234. The zero-order valence-corrected chi connectivity index (χ0v) is 11.7. The topological polar surface area (TPSA) is 92.4 Å². The van der Waals surface area contributed by atoms with Crippen molar-refractivity contribution in [3.05, 3.63) is 0 Å². The summed E-state index contributed by atoms with van der Waals surface area (Å²) in [5.41, 5.74) is 5.53. The summed E-state index contributed by atoms with van der Waals surface area (Å²) in [6.07, 6.45) is 3.12. The Bertz CT molecular complexity index is 277. The van der Waals surface area contributed by atoms with Crippen molar-refractivity contribution in [2.75, 3.05) is 6.54 Å². The normalized spacial score (nSPS) is 13.1. The van der Waals surface area contributed by atoms with Crippen LogP contribution in [0.5, 0.6) is 0 Å². The summed E-state index contributed by atoms with van der Waals surface area (Å²) < 4.78 is 0. The molecule has 18 heavy (non-hydrogen) atoms. The molecule has 0 aliphatic carbocycles. The summed E-state index contributed by atoms with van der Waals surface area (Å²) in [4.78, 5) is 22.6. The van der Waals surface area contributed by atoms with Gasteiger partial charge in [0.2, 0.25) is 5.91 Å². The number of carboxylic acids is 1. The largest absolute Gasteiger partial charge is 0.480 e. The van der Waals surface area contributed by atoms with Crippen molar-refractivity contribution in [3.8, 4) is 0 Å². The van der Waals surface area contributed by atoms with E-state index in [1.807, 2.05) is 6.92 Å².